The first-order chi connectivity index (χ1) is 6.84. The van der Waals surface area contributed by atoms with E-state index >= 15 is 0 Å². The number of benzene rings is 1. The molecule has 1 radical (unpaired) electrons. The standard InChI is InChI=1S/C12H11NP.Ir/c14-12-8-4-7-11(13-12)9-10-5-2-1-3-6-10;/h1-5,7-8H,9,14H2;/q-1;. The van der Waals surface area contributed by atoms with E-state index in [1.165, 1.54) is 5.56 Å². The molecule has 1 heterocycles. The fourth-order valence-corrected chi connectivity index (χ4v) is 1.61. The Labute approximate surface area is 106 Å². The minimum Gasteiger partial charge on any atom is -0.253 e. The van der Waals surface area contributed by atoms with Crippen LogP contribution in [0.25, 0.3) is 0 Å². The average molecular weight is 392 g/mol. The molecule has 2 rings (SSSR count). The van der Waals surface area contributed by atoms with Crippen LogP contribution in [0.2, 0.25) is 0 Å². The van der Waals surface area contributed by atoms with Gasteiger partial charge >= 0.3 is 0 Å². The van der Waals surface area contributed by atoms with Gasteiger partial charge in [0.15, 0.2) is 0 Å². The molecule has 0 aliphatic heterocycles. The molecule has 0 saturated heterocycles. The van der Waals surface area contributed by atoms with E-state index in [1.54, 1.807) is 0 Å². The maximum absolute atomic E-state index is 4.41. The van der Waals surface area contributed by atoms with Crippen molar-refractivity contribution in [2.24, 2.45) is 0 Å². The van der Waals surface area contributed by atoms with Crippen LogP contribution < -0.4 is 5.44 Å². The summed E-state index contributed by atoms with van der Waals surface area (Å²) in [5.74, 6) is 0. The van der Waals surface area contributed by atoms with Crippen molar-refractivity contribution in [3.05, 3.63) is 59.8 Å². The number of hydrogen-bond donors (Lipinski definition) is 0. The predicted molar refractivity (Wildman–Crippen MR) is 61.7 cm³/mol. The van der Waals surface area contributed by atoms with Gasteiger partial charge in [0, 0.05) is 25.8 Å². The van der Waals surface area contributed by atoms with Crippen molar-refractivity contribution < 1.29 is 20.1 Å². The van der Waals surface area contributed by atoms with Crippen molar-refractivity contribution in [3.8, 4) is 0 Å². The number of aromatic nitrogens is 1. The summed E-state index contributed by atoms with van der Waals surface area (Å²) in [6.07, 6.45) is 0.850. The molecule has 1 aromatic heterocycles. The zero-order valence-electron chi connectivity index (χ0n) is 8.11. The molecule has 0 saturated carbocycles. The Balaban J connectivity index is 0.00000112. The van der Waals surface area contributed by atoms with E-state index in [0.717, 1.165) is 17.5 Å². The second kappa shape index (κ2) is 6.12. The Bertz CT molecular complexity index is 417. The fraction of sp³-hybridized carbons (Fsp3) is 0.0833. The van der Waals surface area contributed by atoms with Crippen LogP contribution in [0.3, 0.4) is 0 Å². The van der Waals surface area contributed by atoms with E-state index in [4.69, 9.17) is 0 Å². The van der Waals surface area contributed by atoms with Crippen molar-refractivity contribution in [1.82, 2.24) is 4.98 Å². The van der Waals surface area contributed by atoms with Gasteiger partial charge < -0.3 is 0 Å². The van der Waals surface area contributed by atoms with Gasteiger partial charge in [0.05, 0.1) is 5.44 Å². The van der Waals surface area contributed by atoms with Crippen LogP contribution in [-0.4, -0.2) is 4.98 Å². The van der Waals surface area contributed by atoms with Crippen LogP contribution in [0.1, 0.15) is 11.3 Å². The van der Waals surface area contributed by atoms with E-state index in [0.29, 0.717) is 0 Å². The average Bonchev–Trinajstić information content (AvgIpc) is 2.19. The summed E-state index contributed by atoms with van der Waals surface area (Å²) in [6.45, 7) is 0. The zero-order valence-corrected chi connectivity index (χ0v) is 11.7. The van der Waals surface area contributed by atoms with Crippen LogP contribution in [0.4, 0.5) is 0 Å². The number of rotatable bonds is 2. The van der Waals surface area contributed by atoms with E-state index in [-0.39, 0.29) is 20.1 Å². The first kappa shape index (κ1) is 12.5. The van der Waals surface area contributed by atoms with Crippen LogP contribution in [-0.2, 0) is 26.5 Å². The van der Waals surface area contributed by atoms with Crippen LogP contribution in [0.15, 0.2) is 42.5 Å². The molecule has 1 atom stereocenters. The first-order valence-corrected chi connectivity index (χ1v) is 5.09. The molecule has 3 heteroatoms. The Kier molecular flexibility index (Phi) is 5.11. The molecule has 0 aliphatic rings. The Morgan fingerprint density at radius 1 is 1.13 bits per heavy atom. The van der Waals surface area contributed by atoms with Gasteiger partial charge in [-0.25, -0.2) is 0 Å². The van der Waals surface area contributed by atoms with Gasteiger partial charge in [0.25, 0.3) is 0 Å². The van der Waals surface area contributed by atoms with E-state index in [1.807, 2.05) is 36.4 Å². The van der Waals surface area contributed by atoms with Crippen molar-refractivity contribution in [1.29, 1.82) is 0 Å². The number of hydrogen-bond acceptors (Lipinski definition) is 1. The third kappa shape index (κ3) is 3.83. The third-order valence-corrected chi connectivity index (χ3v) is 2.29. The molecule has 0 fully saturated rings. The monoisotopic (exact) mass is 393 g/mol. The second-order valence-electron chi connectivity index (χ2n) is 3.12. The van der Waals surface area contributed by atoms with E-state index in [2.05, 4.69) is 26.4 Å². The fourth-order valence-electron chi connectivity index (χ4n) is 1.33. The van der Waals surface area contributed by atoms with Crippen molar-refractivity contribution in [3.63, 3.8) is 0 Å². The summed E-state index contributed by atoms with van der Waals surface area (Å²) in [6, 6.07) is 17.2. The van der Waals surface area contributed by atoms with Crippen molar-refractivity contribution >= 4 is 14.7 Å². The summed E-state index contributed by atoms with van der Waals surface area (Å²) in [7, 11) is 2.61. The normalized spacial score (nSPS) is 9.40. The van der Waals surface area contributed by atoms with E-state index in [9.17, 15) is 0 Å². The molecule has 0 amide bonds. The summed E-state index contributed by atoms with van der Waals surface area (Å²) in [5, 5.41) is 0. The molecular weight excluding hydrogens is 381 g/mol. The number of nitrogens with zero attached hydrogens (tertiary/aromatic N) is 1. The third-order valence-electron chi connectivity index (χ3n) is 1.97. The summed E-state index contributed by atoms with van der Waals surface area (Å²) < 4.78 is 0. The predicted octanol–water partition coefficient (Wildman–Crippen LogP) is 1.97. The summed E-state index contributed by atoms with van der Waals surface area (Å²) >= 11 is 0. The van der Waals surface area contributed by atoms with Crippen LogP contribution >= 0.6 is 9.24 Å². The van der Waals surface area contributed by atoms with Gasteiger partial charge in [-0.2, -0.15) is 35.9 Å². The Morgan fingerprint density at radius 2 is 2.00 bits per heavy atom. The second-order valence-corrected chi connectivity index (χ2v) is 3.71. The maximum atomic E-state index is 4.41. The molecule has 2 aromatic rings. The molecule has 15 heavy (non-hydrogen) atoms. The molecule has 79 valence electrons. The first-order valence-electron chi connectivity index (χ1n) is 4.51. The van der Waals surface area contributed by atoms with Gasteiger partial charge in [0.1, 0.15) is 0 Å². The molecule has 0 N–H and O–H groups in total. The quantitative estimate of drug-likeness (QED) is 0.563. The number of pyridine rings is 1. The van der Waals surface area contributed by atoms with Crippen molar-refractivity contribution in [2.75, 3.05) is 0 Å². The molecular formula is C12H11IrNP-. The molecule has 0 spiro atoms. The Hall–Kier alpha value is -0.551. The molecule has 1 aromatic carbocycles. The van der Waals surface area contributed by atoms with Crippen molar-refractivity contribution in [2.45, 2.75) is 6.42 Å². The van der Waals surface area contributed by atoms with Crippen LogP contribution in [0, 0.1) is 6.07 Å². The van der Waals surface area contributed by atoms with Gasteiger partial charge in [-0.15, -0.1) is 0 Å². The Morgan fingerprint density at radius 3 is 2.67 bits per heavy atom. The SMILES string of the molecule is Pc1cccc(Cc2[c-]cccc2)n1.[Ir]. The maximum Gasteiger partial charge on any atom is 0.0572 e. The largest absolute Gasteiger partial charge is 0.253 e. The molecule has 0 aliphatic carbocycles. The zero-order chi connectivity index (χ0) is 9.80. The molecule has 0 bridgehead atoms. The van der Waals surface area contributed by atoms with Crippen LogP contribution in [0.5, 0.6) is 0 Å². The van der Waals surface area contributed by atoms with Gasteiger partial charge in [-0.3, -0.25) is 4.98 Å². The topological polar surface area (TPSA) is 12.9 Å². The van der Waals surface area contributed by atoms with Gasteiger partial charge in [0.2, 0.25) is 0 Å². The minimum atomic E-state index is 0. The van der Waals surface area contributed by atoms with Gasteiger partial charge in [-0.1, -0.05) is 15.3 Å². The molecule has 1 unspecified atom stereocenters. The van der Waals surface area contributed by atoms with Gasteiger partial charge in [-0.05, 0) is 18.6 Å². The smallest absolute Gasteiger partial charge is 0.0572 e. The van der Waals surface area contributed by atoms with E-state index < -0.39 is 0 Å². The summed E-state index contributed by atoms with van der Waals surface area (Å²) in [5.41, 5.74) is 3.24. The summed E-state index contributed by atoms with van der Waals surface area (Å²) in [4.78, 5) is 4.41. The minimum absolute atomic E-state index is 0. The molecule has 1 nitrogen and oxygen atoms in total.